The second-order valence-corrected chi connectivity index (χ2v) is 12.0. The SMILES string of the molecule is O=C1NC(=O)c2cc(-c3ccc4c(c3)C(=O)N(C3CCC(C(C5CCCCC5)(C(F)(F)F)C(F)(F)F)CC3)C4=O)ccc21. The van der Waals surface area contributed by atoms with Gasteiger partial charge in [-0.15, -0.1) is 0 Å². The zero-order valence-electron chi connectivity index (χ0n) is 22.9. The molecule has 1 N–H and O–H groups in total. The highest BCUT2D eigenvalue weighted by Crippen LogP contribution is 2.64. The molecular formula is C31H28F6N2O4. The molecule has 6 nitrogen and oxygen atoms in total. The molecule has 0 unspecified atom stereocenters. The van der Waals surface area contributed by atoms with E-state index < -0.39 is 72.1 Å². The Hall–Kier alpha value is -3.70. The maximum Gasteiger partial charge on any atom is 0.403 e. The van der Waals surface area contributed by atoms with Crippen LogP contribution in [-0.4, -0.2) is 46.9 Å². The van der Waals surface area contributed by atoms with Crippen LogP contribution in [0.25, 0.3) is 11.1 Å². The highest BCUT2D eigenvalue weighted by atomic mass is 19.4. The Morgan fingerprint density at radius 2 is 1.07 bits per heavy atom. The number of fused-ring (bicyclic) bond motifs is 2. The minimum absolute atomic E-state index is 0.0628. The van der Waals surface area contributed by atoms with E-state index in [1.165, 1.54) is 24.3 Å². The lowest BCUT2D eigenvalue weighted by molar-refractivity contribution is -0.381. The smallest absolute Gasteiger partial charge is 0.288 e. The second kappa shape index (κ2) is 10.2. The number of benzene rings is 2. The number of hydrogen-bond acceptors (Lipinski definition) is 4. The lowest BCUT2D eigenvalue weighted by Gasteiger charge is -2.51. The molecule has 0 atom stereocenters. The van der Waals surface area contributed by atoms with E-state index in [0.29, 0.717) is 30.4 Å². The number of halogens is 6. The quantitative estimate of drug-likeness (QED) is 0.298. The Labute approximate surface area is 242 Å². The van der Waals surface area contributed by atoms with Crippen molar-refractivity contribution in [3.8, 4) is 11.1 Å². The summed E-state index contributed by atoms with van der Waals surface area (Å²) in [5, 5.41) is 2.20. The van der Waals surface area contributed by atoms with Crippen LogP contribution in [0.3, 0.4) is 0 Å². The maximum absolute atomic E-state index is 14.6. The van der Waals surface area contributed by atoms with Gasteiger partial charge >= 0.3 is 12.4 Å². The van der Waals surface area contributed by atoms with Crippen molar-refractivity contribution in [3.05, 3.63) is 58.7 Å². The van der Waals surface area contributed by atoms with Gasteiger partial charge in [0, 0.05) is 6.04 Å². The summed E-state index contributed by atoms with van der Waals surface area (Å²) in [7, 11) is 0. The van der Waals surface area contributed by atoms with Gasteiger partial charge in [-0.1, -0.05) is 31.4 Å². The van der Waals surface area contributed by atoms with Gasteiger partial charge in [0.05, 0.1) is 22.3 Å². The molecule has 0 spiro atoms. The van der Waals surface area contributed by atoms with Crippen molar-refractivity contribution in [1.82, 2.24) is 10.2 Å². The van der Waals surface area contributed by atoms with Crippen molar-refractivity contribution in [3.63, 3.8) is 0 Å². The zero-order valence-corrected chi connectivity index (χ0v) is 22.9. The van der Waals surface area contributed by atoms with Gasteiger partial charge in [-0.05, 0) is 85.8 Å². The third-order valence-electron chi connectivity index (χ3n) is 9.88. The first-order valence-corrected chi connectivity index (χ1v) is 14.4. The average Bonchev–Trinajstić information content (AvgIpc) is 3.38. The third kappa shape index (κ3) is 4.47. The predicted molar refractivity (Wildman–Crippen MR) is 141 cm³/mol. The Kier molecular flexibility index (Phi) is 6.96. The van der Waals surface area contributed by atoms with Gasteiger partial charge in [0.15, 0.2) is 5.41 Å². The van der Waals surface area contributed by atoms with Gasteiger partial charge in [0.25, 0.3) is 23.6 Å². The van der Waals surface area contributed by atoms with Crippen molar-refractivity contribution in [1.29, 1.82) is 0 Å². The van der Waals surface area contributed by atoms with E-state index in [9.17, 15) is 45.5 Å². The van der Waals surface area contributed by atoms with E-state index in [0.717, 1.165) is 4.90 Å². The lowest BCUT2D eigenvalue weighted by atomic mass is 9.57. The van der Waals surface area contributed by atoms with Crippen LogP contribution in [0.15, 0.2) is 36.4 Å². The van der Waals surface area contributed by atoms with Gasteiger partial charge in [-0.3, -0.25) is 29.4 Å². The zero-order chi connectivity index (χ0) is 30.9. The minimum Gasteiger partial charge on any atom is -0.288 e. The molecule has 43 heavy (non-hydrogen) atoms. The molecule has 228 valence electrons. The first kappa shape index (κ1) is 29.4. The second-order valence-electron chi connectivity index (χ2n) is 12.0. The summed E-state index contributed by atoms with van der Waals surface area (Å²) in [4.78, 5) is 51.7. The molecule has 2 heterocycles. The summed E-state index contributed by atoms with van der Waals surface area (Å²) in [6.45, 7) is 0. The molecule has 4 aliphatic rings. The van der Waals surface area contributed by atoms with Crippen molar-refractivity contribution < 1.29 is 45.5 Å². The van der Waals surface area contributed by atoms with Crippen molar-refractivity contribution >= 4 is 23.6 Å². The highest BCUT2D eigenvalue weighted by molar-refractivity contribution is 6.23. The van der Waals surface area contributed by atoms with Crippen molar-refractivity contribution in [2.45, 2.75) is 76.2 Å². The van der Waals surface area contributed by atoms with E-state index in [1.54, 1.807) is 12.1 Å². The standard InChI is InChI=1S/C31H28F6N2O4/c32-30(33,34)29(31(35,36)37,18-4-2-1-3-5-18)19-8-10-20(11-9-19)39-27(42)22-13-7-17(15-24(22)28(39)43)16-6-12-21-23(14-16)26(41)38-25(21)40/h6-7,12-15,18-20H,1-5,8-11H2,(H,38,40,41). The minimum atomic E-state index is -5.48. The summed E-state index contributed by atoms with van der Waals surface area (Å²) in [5.41, 5.74) is -2.27. The van der Waals surface area contributed by atoms with Crippen LogP contribution in [0.4, 0.5) is 26.3 Å². The fraction of sp³-hybridized carbons (Fsp3) is 0.484. The van der Waals surface area contributed by atoms with Crippen LogP contribution < -0.4 is 5.32 Å². The molecule has 0 radical (unpaired) electrons. The van der Waals surface area contributed by atoms with Crippen LogP contribution in [-0.2, 0) is 0 Å². The molecular weight excluding hydrogens is 578 g/mol. The molecule has 0 bridgehead atoms. The average molecular weight is 607 g/mol. The van der Waals surface area contributed by atoms with Crippen LogP contribution in [0.1, 0.15) is 99.2 Å². The van der Waals surface area contributed by atoms with Gasteiger partial charge in [-0.25, -0.2) is 0 Å². The van der Waals surface area contributed by atoms with Gasteiger partial charge in [0.2, 0.25) is 0 Å². The van der Waals surface area contributed by atoms with Gasteiger partial charge < -0.3 is 0 Å². The van der Waals surface area contributed by atoms with E-state index >= 15 is 0 Å². The van der Waals surface area contributed by atoms with Crippen molar-refractivity contribution in [2.24, 2.45) is 17.3 Å². The molecule has 12 heteroatoms. The number of imide groups is 2. The number of hydrogen-bond donors (Lipinski definition) is 1. The molecule has 2 aliphatic carbocycles. The van der Waals surface area contributed by atoms with Gasteiger partial charge in [0.1, 0.15) is 0 Å². The largest absolute Gasteiger partial charge is 0.403 e. The van der Waals surface area contributed by atoms with E-state index in [1.807, 2.05) is 0 Å². The van der Waals surface area contributed by atoms with Crippen LogP contribution in [0, 0.1) is 17.3 Å². The Morgan fingerprint density at radius 1 is 0.581 bits per heavy atom. The molecule has 2 aromatic rings. The molecule has 4 amide bonds. The van der Waals surface area contributed by atoms with E-state index in [-0.39, 0.29) is 47.9 Å². The first-order chi connectivity index (χ1) is 20.3. The summed E-state index contributed by atoms with van der Waals surface area (Å²) in [6.07, 6.45) is -11.1. The van der Waals surface area contributed by atoms with Gasteiger partial charge in [-0.2, -0.15) is 26.3 Å². The maximum atomic E-state index is 14.6. The number of alkyl halides is 6. The molecule has 2 aromatic carbocycles. The molecule has 2 aliphatic heterocycles. The van der Waals surface area contributed by atoms with E-state index in [2.05, 4.69) is 5.32 Å². The Morgan fingerprint density at radius 3 is 1.65 bits per heavy atom. The monoisotopic (exact) mass is 606 g/mol. The summed E-state index contributed by atoms with van der Waals surface area (Å²) in [6, 6.07) is 8.23. The fourth-order valence-electron chi connectivity index (χ4n) is 7.89. The van der Waals surface area contributed by atoms with Crippen LogP contribution in [0.5, 0.6) is 0 Å². The summed E-state index contributed by atoms with van der Waals surface area (Å²) < 4.78 is 87.3. The topological polar surface area (TPSA) is 83.6 Å². The normalized spacial score (nSPS) is 23.4. The summed E-state index contributed by atoms with van der Waals surface area (Å²) >= 11 is 0. The molecule has 2 fully saturated rings. The van der Waals surface area contributed by atoms with Crippen LogP contribution in [0.2, 0.25) is 0 Å². The lowest BCUT2D eigenvalue weighted by Crippen LogP contribution is -2.61. The number of nitrogens with zero attached hydrogens (tertiary/aromatic N) is 1. The molecule has 2 saturated carbocycles. The fourth-order valence-corrected chi connectivity index (χ4v) is 7.89. The Balaban J connectivity index is 1.24. The summed E-state index contributed by atoms with van der Waals surface area (Å²) in [5.74, 6) is -5.63. The molecule has 0 saturated heterocycles. The van der Waals surface area contributed by atoms with Crippen molar-refractivity contribution in [2.75, 3.05) is 0 Å². The number of amides is 4. The van der Waals surface area contributed by atoms with Crippen LogP contribution >= 0.6 is 0 Å². The highest BCUT2D eigenvalue weighted by Gasteiger charge is 2.76. The number of carbonyl (C=O) groups is 4. The Bertz CT molecular complexity index is 1500. The predicted octanol–water partition coefficient (Wildman–Crippen LogP) is 7.08. The number of rotatable bonds is 4. The molecule has 0 aromatic heterocycles. The third-order valence-corrected chi connectivity index (χ3v) is 9.88. The van der Waals surface area contributed by atoms with E-state index in [4.69, 9.17) is 0 Å². The number of nitrogens with one attached hydrogen (secondary N) is 1. The number of carbonyl (C=O) groups excluding carboxylic acids is 4. The molecule has 6 rings (SSSR count). The first-order valence-electron chi connectivity index (χ1n) is 14.4.